The molecule has 0 aliphatic heterocycles. The molecule has 0 amide bonds. The van der Waals surface area contributed by atoms with Crippen molar-refractivity contribution in [1.29, 1.82) is 0 Å². The monoisotopic (exact) mass is 253 g/mol. The zero-order valence-corrected chi connectivity index (χ0v) is 10.2. The first-order valence-corrected chi connectivity index (χ1v) is 5.82. The highest BCUT2D eigenvalue weighted by atomic mass is 32.1. The summed E-state index contributed by atoms with van der Waals surface area (Å²) in [6, 6.07) is 1.37. The molecule has 2 aromatic heterocycles. The molecule has 0 atom stereocenters. The van der Waals surface area contributed by atoms with Crippen LogP contribution in [0.15, 0.2) is 10.9 Å². The third-order valence-electron chi connectivity index (χ3n) is 2.14. The molecule has 0 radical (unpaired) electrons. The van der Waals surface area contributed by atoms with Crippen molar-refractivity contribution in [3.8, 4) is 0 Å². The number of fused-ring (bicyclic) bond motifs is 1. The summed E-state index contributed by atoms with van der Waals surface area (Å²) in [6.45, 7) is 3.67. The van der Waals surface area contributed by atoms with Crippen LogP contribution >= 0.6 is 11.3 Å². The Balaban J connectivity index is 2.69. The van der Waals surface area contributed by atoms with Crippen molar-refractivity contribution in [2.75, 3.05) is 12.3 Å². The van der Waals surface area contributed by atoms with Gasteiger partial charge in [-0.1, -0.05) is 11.3 Å². The van der Waals surface area contributed by atoms with Crippen molar-refractivity contribution in [1.82, 2.24) is 9.38 Å². The Morgan fingerprint density at radius 3 is 3.00 bits per heavy atom. The molecular formula is C10H11N3O3S. The summed E-state index contributed by atoms with van der Waals surface area (Å²) >= 11 is 1.05. The number of anilines is 1. The summed E-state index contributed by atoms with van der Waals surface area (Å²) in [5.41, 5.74) is 6.05. The van der Waals surface area contributed by atoms with Crippen LogP contribution in [0.1, 0.15) is 22.3 Å². The van der Waals surface area contributed by atoms with Crippen molar-refractivity contribution in [2.45, 2.75) is 13.8 Å². The van der Waals surface area contributed by atoms with Gasteiger partial charge in [-0.3, -0.25) is 4.79 Å². The van der Waals surface area contributed by atoms with Crippen LogP contribution in [0.5, 0.6) is 0 Å². The zero-order valence-electron chi connectivity index (χ0n) is 9.39. The number of carbonyl (C=O) groups excluding carboxylic acids is 1. The van der Waals surface area contributed by atoms with Gasteiger partial charge in [-0.15, -0.1) is 0 Å². The maximum Gasteiger partial charge on any atom is 0.352 e. The van der Waals surface area contributed by atoms with Crippen LogP contribution in [0, 0.1) is 6.92 Å². The molecule has 17 heavy (non-hydrogen) atoms. The molecule has 0 aliphatic carbocycles. The van der Waals surface area contributed by atoms with Gasteiger partial charge in [0.25, 0.3) is 5.56 Å². The molecular weight excluding hydrogens is 242 g/mol. The number of esters is 1. The summed E-state index contributed by atoms with van der Waals surface area (Å²) in [5.74, 6) is -0.446. The highest BCUT2D eigenvalue weighted by molar-refractivity contribution is 7.19. The fraction of sp³-hybridized carbons (Fsp3) is 0.300. The average molecular weight is 253 g/mol. The number of nitrogens with zero attached hydrogens (tertiary/aromatic N) is 2. The fourth-order valence-electron chi connectivity index (χ4n) is 1.45. The van der Waals surface area contributed by atoms with Gasteiger partial charge in [-0.05, 0) is 13.8 Å². The van der Waals surface area contributed by atoms with Crippen LogP contribution in [0.25, 0.3) is 4.96 Å². The third kappa shape index (κ3) is 1.89. The van der Waals surface area contributed by atoms with E-state index in [2.05, 4.69) is 4.98 Å². The summed E-state index contributed by atoms with van der Waals surface area (Å²) in [5, 5.41) is 0. The molecule has 0 bridgehead atoms. The summed E-state index contributed by atoms with van der Waals surface area (Å²) in [6.07, 6.45) is 0. The van der Waals surface area contributed by atoms with E-state index in [1.165, 1.54) is 10.5 Å². The molecule has 90 valence electrons. The lowest BCUT2D eigenvalue weighted by Crippen LogP contribution is -2.16. The molecule has 7 heteroatoms. The SMILES string of the molecule is CCOC(=O)c1sc2nc(C)cc(=O)n2c1N. The van der Waals surface area contributed by atoms with Gasteiger partial charge in [-0.25, -0.2) is 14.2 Å². The number of aryl methyl sites for hydroxylation is 1. The number of thiazole rings is 1. The zero-order chi connectivity index (χ0) is 12.6. The van der Waals surface area contributed by atoms with Crippen LogP contribution in [0.2, 0.25) is 0 Å². The maximum absolute atomic E-state index is 11.7. The van der Waals surface area contributed by atoms with E-state index in [9.17, 15) is 9.59 Å². The molecule has 0 saturated carbocycles. The Hall–Kier alpha value is -1.89. The van der Waals surface area contributed by atoms with Gasteiger partial charge in [0.2, 0.25) is 0 Å². The van der Waals surface area contributed by atoms with E-state index in [-0.39, 0.29) is 22.9 Å². The van der Waals surface area contributed by atoms with E-state index >= 15 is 0 Å². The Kier molecular flexibility index (Phi) is 2.84. The second kappa shape index (κ2) is 4.17. The molecule has 0 aromatic carbocycles. The number of nitrogen functional groups attached to an aromatic ring is 1. The minimum Gasteiger partial charge on any atom is -0.462 e. The molecule has 0 unspecified atom stereocenters. The Morgan fingerprint density at radius 1 is 1.65 bits per heavy atom. The number of hydrogen-bond acceptors (Lipinski definition) is 6. The predicted molar refractivity (Wildman–Crippen MR) is 64.4 cm³/mol. The number of nitrogens with two attached hydrogens (primary N) is 1. The second-order valence-corrected chi connectivity index (χ2v) is 4.37. The average Bonchev–Trinajstić information content (AvgIpc) is 2.56. The van der Waals surface area contributed by atoms with E-state index in [1.54, 1.807) is 13.8 Å². The highest BCUT2D eigenvalue weighted by Gasteiger charge is 2.19. The number of aromatic nitrogens is 2. The van der Waals surface area contributed by atoms with Crippen molar-refractivity contribution in [3.63, 3.8) is 0 Å². The third-order valence-corrected chi connectivity index (χ3v) is 3.18. The lowest BCUT2D eigenvalue weighted by atomic mass is 10.4. The smallest absolute Gasteiger partial charge is 0.352 e. The van der Waals surface area contributed by atoms with Gasteiger partial charge in [0, 0.05) is 11.8 Å². The van der Waals surface area contributed by atoms with Crippen LogP contribution in [-0.4, -0.2) is 22.0 Å². The molecule has 0 spiro atoms. The van der Waals surface area contributed by atoms with Gasteiger partial charge in [0.1, 0.15) is 5.82 Å². The normalized spacial score (nSPS) is 10.7. The van der Waals surface area contributed by atoms with Gasteiger partial charge in [-0.2, -0.15) is 0 Å². The quantitative estimate of drug-likeness (QED) is 0.801. The van der Waals surface area contributed by atoms with Crippen molar-refractivity contribution in [3.05, 3.63) is 27.0 Å². The molecule has 2 rings (SSSR count). The van der Waals surface area contributed by atoms with E-state index in [0.717, 1.165) is 11.3 Å². The van der Waals surface area contributed by atoms with Crippen LogP contribution in [0.3, 0.4) is 0 Å². The second-order valence-electron chi connectivity index (χ2n) is 3.39. The molecule has 0 fully saturated rings. The Bertz CT molecular complexity index is 644. The van der Waals surface area contributed by atoms with E-state index in [4.69, 9.17) is 10.5 Å². The van der Waals surface area contributed by atoms with E-state index < -0.39 is 5.97 Å². The van der Waals surface area contributed by atoms with Crippen LogP contribution < -0.4 is 11.3 Å². The van der Waals surface area contributed by atoms with E-state index in [0.29, 0.717) is 10.7 Å². The van der Waals surface area contributed by atoms with Crippen molar-refractivity contribution >= 4 is 28.1 Å². The summed E-state index contributed by atoms with van der Waals surface area (Å²) in [7, 11) is 0. The van der Waals surface area contributed by atoms with Crippen LogP contribution in [-0.2, 0) is 4.74 Å². The fourth-order valence-corrected chi connectivity index (χ4v) is 2.44. The summed E-state index contributed by atoms with van der Waals surface area (Å²) in [4.78, 5) is 28.1. The van der Waals surface area contributed by atoms with Crippen molar-refractivity contribution in [2.24, 2.45) is 0 Å². The first kappa shape index (κ1) is 11.6. The summed E-state index contributed by atoms with van der Waals surface area (Å²) < 4.78 is 6.07. The van der Waals surface area contributed by atoms with E-state index in [1.807, 2.05) is 0 Å². The highest BCUT2D eigenvalue weighted by Crippen LogP contribution is 2.23. The van der Waals surface area contributed by atoms with Crippen LogP contribution in [0.4, 0.5) is 5.82 Å². The number of hydrogen-bond donors (Lipinski definition) is 1. The number of carbonyl (C=O) groups is 1. The molecule has 2 heterocycles. The maximum atomic E-state index is 11.7. The predicted octanol–water partition coefficient (Wildman–Crippen LogP) is 0.823. The lowest BCUT2D eigenvalue weighted by Gasteiger charge is -1.99. The molecule has 6 nitrogen and oxygen atoms in total. The first-order chi connectivity index (χ1) is 8.04. The minimum absolute atomic E-state index is 0.0842. The van der Waals surface area contributed by atoms with Gasteiger partial charge < -0.3 is 10.5 Å². The largest absolute Gasteiger partial charge is 0.462 e. The van der Waals surface area contributed by atoms with Gasteiger partial charge in [0.15, 0.2) is 9.84 Å². The molecule has 2 aromatic rings. The molecule has 2 N–H and O–H groups in total. The topological polar surface area (TPSA) is 86.7 Å². The first-order valence-electron chi connectivity index (χ1n) is 5.00. The van der Waals surface area contributed by atoms with Gasteiger partial charge in [0.05, 0.1) is 6.61 Å². The van der Waals surface area contributed by atoms with Crippen molar-refractivity contribution < 1.29 is 9.53 Å². The van der Waals surface area contributed by atoms with Gasteiger partial charge >= 0.3 is 5.97 Å². The Labute approximate surface area is 101 Å². The molecule has 0 aliphatic rings. The standard InChI is InChI=1S/C10H11N3O3S/c1-3-16-9(15)7-8(11)13-6(14)4-5(2)12-10(13)17-7/h4H,3,11H2,1-2H3. The molecule has 0 saturated heterocycles. The Morgan fingerprint density at radius 2 is 2.35 bits per heavy atom. The number of rotatable bonds is 2. The number of ether oxygens (including phenoxy) is 1. The lowest BCUT2D eigenvalue weighted by molar-refractivity contribution is 0.0533. The minimum atomic E-state index is -0.530.